The Balaban J connectivity index is 2.21. The second kappa shape index (κ2) is 8.00. The van der Waals surface area contributed by atoms with Gasteiger partial charge >= 0.3 is 6.09 Å². The lowest BCUT2D eigenvalue weighted by atomic mass is 10.2. The van der Waals surface area contributed by atoms with E-state index >= 15 is 0 Å². The molecule has 9 heteroatoms. The number of carbonyl (C=O) groups is 1. The Morgan fingerprint density at radius 1 is 1.21 bits per heavy atom. The Bertz CT molecular complexity index is 1120. The third-order valence-electron chi connectivity index (χ3n) is 3.97. The molecule has 1 atom stereocenters. The predicted molar refractivity (Wildman–Crippen MR) is 113 cm³/mol. The van der Waals surface area contributed by atoms with E-state index in [0.29, 0.717) is 5.69 Å². The number of carbonyl (C=O) groups excluding carboxylic acids is 1. The molecule has 7 nitrogen and oxygen atoms in total. The van der Waals surface area contributed by atoms with Gasteiger partial charge in [0.25, 0.3) is 5.56 Å². The molecule has 0 bridgehead atoms. The highest BCUT2D eigenvalue weighted by molar-refractivity contribution is 6.39. The molecule has 1 amide bonds. The van der Waals surface area contributed by atoms with Gasteiger partial charge in [-0.1, -0.05) is 23.2 Å². The molecular formula is C20H20Cl2N4O3. The number of alkyl carbamates (subject to hydrolysis) is 1. The molecular weight excluding hydrogens is 415 g/mol. The van der Waals surface area contributed by atoms with Crippen molar-refractivity contribution in [2.75, 3.05) is 0 Å². The Hall–Kier alpha value is -2.64. The van der Waals surface area contributed by atoms with E-state index in [0.717, 1.165) is 0 Å². The molecule has 0 saturated heterocycles. The minimum absolute atomic E-state index is 0.191. The molecule has 1 unspecified atom stereocenters. The van der Waals surface area contributed by atoms with E-state index in [1.54, 1.807) is 58.2 Å². The first-order valence-corrected chi connectivity index (χ1v) is 9.64. The van der Waals surface area contributed by atoms with Crippen molar-refractivity contribution >= 4 is 40.2 Å². The maximum atomic E-state index is 13.3. The van der Waals surface area contributed by atoms with E-state index in [4.69, 9.17) is 27.9 Å². The van der Waals surface area contributed by atoms with Gasteiger partial charge in [-0.15, -0.1) is 0 Å². The summed E-state index contributed by atoms with van der Waals surface area (Å²) in [5.41, 5.74) is -0.336. The van der Waals surface area contributed by atoms with Crippen molar-refractivity contribution in [1.29, 1.82) is 0 Å². The van der Waals surface area contributed by atoms with Crippen LogP contribution in [0, 0.1) is 0 Å². The van der Waals surface area contributed by atoms with Crippen molar-refractivity contribution in [2.24, 2.45) is 0 Å². The SMILES string of the molecule is CC(NC(=O)OC(C)(C)C)c1nc2c(Cl)ccc(Cl)c2c(=O)n1-c1cccnc1. The van der Waals surface area contributed by atoms with Crippen LogP contribution >= 0.6 is 23.2 Å². The normalized spacial score (nSPS) is 12.6. The fourth-order valence-electron chi connectivity index (χ4n) is 2.81. The summed E-state index contributed by atoms with van der Waals surface area (Å²) in [5.74, 6) is 0.269. The van der Waals surface area contributed by atoms with Gasteiger partial charge in [-0.2, -0.15) is 0 Å². The van der Waals surface area contributed by atoms with E-state index in [9.17, 15) is 9.59 Å². The Labute approximate surface area is 177 Å². The Morgan fingerprint density at radius 3 is 2.52 bits per heavy atom. The number of pyridine rings is 1. The molecule has 1 N–H and O–H groups in total. The molecule has 3 aromatic rings. The number of hydrogen-bond donors (Lipinski definition) is 1. The standard InChI is InChI=1S/C20H20Cl2N4O3/c1-11(24-19(28)29-20(2,3)4)17-25-16-14(22)8-7-13(21)15(16)18(27)26(17)12-6-5-9-23-10-12/h5-11H,1-4H3,(H,24,28). The Kier molecular flexibility index (Phi) is 5.82. The topological polar surface area (TPSA) is 86.1 Å². The van der Waals surface area contributed by atoms with Crippen LogP contribution in [0.3, 0.4) is 0 Å². The molecule has 29 heavy (non-hydrogen) atoms. The summed E-state index contributed by atoms with van der Waals surface area (Å²) in [6.45, 7) is 6.99. The molecule has 2 aromatic heterocycles. The van der Waals surface area contributed by atoms with Crippen LogP contribution in [0.4, 0.5) is 4.79 Å². The zero-order valence-corrected chi connectivity index (χ0v) is 17.9. The fraction of sp³-hybridized carbons (Fsp3) is 0.300. The third kappa shape index (κ3) is 4.52. The monoisotopic (exact) mass is 434 g/mol. The van der Waals surface area contributed by atoms with Crippen LogP contribution in [-0.4, -0.2) is 26.2 Å². The van der Waals surface area contributed by atoms with Gasteiger partial charge in [0.1, 0.15) is 11.4 Å². The maximum Gasteiger partial charge on any atom is 0.408 e. The third-order valence-corrected chi connectivity index (χ3v) is 4.59. The van der Waals surface area contributed by atoms with Crippen LogP contribution in [0.2, 0.25) is 10.0 Å². The molecule has 0 fully saturated rings. The Morgan fingerprint density at radius 2 is 1.90 bits per heavy atom. The van der Waals surface area contributed by atoms with Crippen LogP contribution in [0.5, 0.6) is 0 Å². The summed E-state index contributed by atoms with van der Waals surface area (Å²) < 4.78 is 6.67. The number of nitrogens with zero attached hydrogens (tertiary/aromatic N) is 3. The second-order valence-electron chi connectivity index (χ2n) is 7.44. The summed E-state index contributed by atoms with van der Waals surface area (Å²) in [4.78, 5) is 34.2. The molecule has 0 aliphatic heterocycles. The molecule has 0 aliphatic carbocycles. The van der Waals surface area contributed by atoms with Crippen molar-refractivity contribution in [1.82, 2.24) is 19.9 Å². The van der Waals surface area contributed by atoms with E-state index in [-0.39, 0.29) is 26.8 Å². The molecule has 0 saturated carbocycles. The van der Waals surface area contributed by atoms with Gasteiger partial charge in [-0.3, -0.25) is 14.3 Å². The van der Waals surface area contributed by atoms with E-state index in [2.05, 4.69) is 15.3 Å². The zero-order valence-electron chi connectivity index (χ0n) is 16.4. The minimum atomic E-state index is -0.669. The maximum absolute atomic E-state index is 13.3. The van der Waals surface area contributed by atoms with Gasteiger partial charge < -0.3 is 10.1 Å². The molecule has 1 aromatic carbocycles. The van der Waals surface area contributed by atoms with E-state index in [1.807, 2.05) is 0 Å². The van der Waals surface area contributed by atoms with Crippen LogP contribution in [-0.2, 0) is 4.74 Å². The summed E-state index contributed by atoms with van der Waals surface area (Å²) in [7, 11) is 0. The fourth-order valence-corrected chi connectivity index (χ4v) is 3.24. The van der Waals surface area contributed by atoms with Gasteiger partial charge in [0.05, 0.1) is 38.9 Å². The van der Waals surface area contributed by atoms with Crippen LogP contribution in [0.25, 0.3) is 16.6 Å². The van der Waals surface area contributed by atoms with Crippen molar-refractivity contribution in [2.45, 2.75) is 39.3 Å². The highest BCUT2D eigenvalue weighted by Crippen LogP contribution is 2.28. The lowest BCUT2D eigenvalue weighted by molar-refractivity contribution is 0.0505. The highest BCUT2D eigenvalue weighted by Gasteiger charge is 2.24. The number of rotatable bonds is 3. The van der Waals surface area contributed by atoms with Crippen LogP contribution < -0.4 is 10.9 Å². The number of halogens is 2. The second-order valence-corrected chi connectivity index (χ2v) is 8.26. The lowest BCUT2D eigenvalue weighted by Gasteiger charge is -2.23. The lowest BCUT2D eigenvalue weighted by Crippen LogP contribution is -2.37. The van der Waals surface area contributed by atoms with Crippen molar-refractivity contribution < 1.29 is 9.53 Å². The summed E-state index contributed by atoms with van der Waals surface area (Å²) in [6, 6.07) is 5.86. The molecule has 3 rings (SSSR count). The van der Waals surface area contributed by atoms with Crippen molar-refractivity contribution in [3.8, 4) is 5.69 Å². The minimum Gasteiger partial charge on any atom is -0.444 e. The van der Waals surface area contributed by atoms with Gasteiger partial charge in [0, 0.05) is 6.20 Å². The smallest absolute Gasteiger partial charge is 0.408 e. The molecule has 0 aliphatic rings. The largest absolute Gasteiger partial charge is 0.444 e. The first-order chi connectivity index (χ1) is 13.6. The first-order valence-electron chi connectivity index (χ1n) is 8.89. The van der Waals surface area contributed by atoms with Crippen LogP contribution in [0.1, 0.15) is 39.6 Å². The predicted octanol–water partition coefficient (Wildman–Crippen LogP) is 4.67. The molecule has 0 radical (unpaired) electrons. The average molecular weight is 435 g/mol. The number of fused-ring (bicyclic) bond motifs is 1. The van der Waals surface area contributed by atoms with Gasteiger partial charge in [0.2, 0.25) is 0 Å². The van der Waals surface area contributed by atoms with Gasteiger partial charge in [-0.05, 0) is 52.0 Å². The number of nitrogens with one attached hydrogen (secondary N) is 1. The van der Waals surface area contributed by atoms with Gasteiger partial charge in [0.15, 0.2) is 0 Å². The van der Waals surface area contributed by atoms with Crippen LogP contribution in [0.15, 0.2) is 41.5 Å². The van der Waals surface area contributed by atoms with Crippen molar-refractivity contribution in [3.05, 3.63) is 62.9 Å². The first kappa shape index (κ1) is 21.1. The summed E-state index contributed by atoms with van der Waals surface area (Å²) in [5, 5.41) is 3.42. The molecule has 152 valence electrons. The average Bonchev–Trinajstić information content (AvgIpc) is 2.63. The van der Waals surface area contributed by atoms with E-state index in [1.165, 1.54) is 10.8 Å². The number of amides is 1. The summed E-state index contributed by atoms with van der Waals surface area (Å²) >= 11 is 12.5. The number of ether oxygens (including phenoxy) is 1. The number of aromatic nitrogens is 3. The molecule has 0 spiro atoms. The number of benzene rings is 1. The molecule has 2 heterocycles. The number of hydrogen-bond acceptors (Lipinski definition) is 5. The zero-order chi connectivity index (χ0) is 21.3. The van der Waals surface area contributed by atoms with Crippen molar-refractivity contribution in [3.63, 3.8) is 0 Å². The quantitative estimate of drug-likeness (QED) is 0.646. The van der Waals surface area contributed by atoms with E-state index < -0.39 is 23.3 Å². The van der Waals surface area contributed by atoms with Gasteiger partial charge in [-0.25, -0.2) is 9.78 Å². The highest BCUT2D eigenvalue weighted by atomic mass is 35.5. The summed E-state index contributed by atoms with van der Waals surface area (Å²) in [6.07, 6.45) is 2.49.